The highest BCUT2D eigenvalue weighted by Gasteiger charge is 2.46. The van der Waals surface area contributed by atoms with Crippen molar-refractivity contribution in [3.05, 3.63) is 0 Å². The first-order valence-corrected chi connectivity index (χ1v) is 6.51. The summed E-state index contributed by atoms with van der Waals surface area (Å²) >= 11 is 0. The molecule has 0 bridgehead atoms. The van der Waals surface area contributed by atoms with E-state index in [1.165, 1.54) is 6.42 Å². The summed E-state index contributed by atoms with van der Waals surface area (Å²) < 4.78 is 0. The first-order chi connectivity index (χ1) is 7.82. The van der Waals surface area contributed by atoms with Gasteiger partial charge in [-0.15, -0.1) is 0 Å². The molecule has 17 heavy (non-hydrogen) atoms. The highest BCUT2D eigenvalue weighted by atomic mass is 16.4. The zero-order valence-electron chi connectivity index (χ0n) is 10.7. The SMILES string of the molecule is CC1(C)CC1NCC1(O)CCC(C(=O)O)CC1. The largest absolute Gasteiger partial charge is 0.481 e. The average Bonchev–Trinajstić information content (AvgIpc) is 2.85. The molecule has 0 aromatic carbocycles. The quantitative estimate of drug-likeness (QED) is 0.695. The van der Waals surface area contributed by atoms with Gasteiger partial charge in [0.1, 0.15) is 0 Å². The van der Waals surface area contributed by atoms with Crippen molar-refractivity contribution in [2.45, 2.75) is 57.6 Å². The summed E-state index contributed by atoms with van der Waals surface area (Å²) in [5.74, 6) is -0.976. The molecule has 4 nitrogen and oxygen atoms in total. The third-order valence-corrected chi connectivity index (χ3v) is 4.46. The first kappa shape index (κ1) is 12.8. The molecule has 0 aliphatic heterocycles. The predicted molar refractivity (Wildman–Crippen MR) is 64.7 cm³/mol. The lowest BCUT2D eigenvalue weighted by molar-refractivity contribution is -0.144. The monoisotopic (exact) mass is 241 g/mol. The minimum atomic E-state index is -0.719. The van der Waals surface area contributed by atoms with E-state index in [2.05, 4.69) is 19.2 Å². The lowest BCUT2D eigenvalue weighted by Gasteiger charge is -2.35. The van der Waals surface area contributed by atoms with Crippen molar-refractivity contribution in [3.63, 3.8) is 0 Å². The number of carboxylic acids is 1. The maximum atomic E-state index is 10.8. The third-order valence-electron chi connectivity index (χ3n) is 4.46. The Morgan fingerprint density at radius 1 is 1.35 bits per heavy atom. The van der Waals surface area contributed by atoms with Gasteiger partial charge in [0.25, 0.3) is 0 Å². The molecule has 1 unspecified atom stereocenters. The Kier molecular flexibility index (Phi) is 3.21. The van der Waals surface area contributed by atoms with Crippen molar-refractivity contribution in [1.29, 1.82) is 0 Å². The molecular formula is C13H23NO3. The topological polar surface area (TPSA) is 69.6 Å². The van der Waals surface area contributed by atoms with Crippen LogP contribution in [0.2, 0.25) is 0 Å². The van der Waals surface area contributed by atoms with Gasteiger partial charge in [0, 0.05) is 12.6 Å². The highest BCUT2D eigenvalue weighted by Crippen LogP contribution is 2.45. The molecule has 0 spiro atoms. The first-order valence-electron chi connectivity index (χ1n) is 6.51. The van der Waals surface area contributed by atoms with Crippen LogP contribution in [0.3, 0.4) is 0 Å². The zero-order chi connectivity index (χ0) is 12.7. The van der Waals surface area contributed by atoms with E-state index >= 15 is 0 Å². The van der Waals surface area contributed by atoms with E-state index < -0.39 is 11.6 Å². The summed E-state index contributed by atoms with van der Waals surface area (Å²) in [4.78, 5) is 10.8. The van der Waals surface area contributed by atoms with Crippen molar-refractivity contribution >= 4 is 5.97 Å². The van der Waals surface area contributed by atoms with E-state index in [0.29, 0.717) is 43.7 Å². The number of carbonyl (C=O) groups is 1. The Balaban J connectivity index is 1.76. The summed E-state index contributed by atoms with van der Waals surface area (Å²) in [6.07, 6.45) is 3.57. The van der Waals surface area contributed by atoms with Gasteiger partial charge >= 0.3 is 5.97 Å². The van der Waals surface area contributed by atoms with E-state index in [1.54, 1.807) is 0 Å². The minimum absolute atomic E-state index is 0.257. The van der Waals surface area contributed by atoms with Gasteiger partial charge in [-0.3, -0.25) is 4.79 Å². The molecule has 2 rings (SSSR count). The molecule has 0 radical (unpaired) electrons. The smallest absolute Gasteiger partial charge is 0.306 e. The zero-order valence-corrected chi connectivity index (χ0v) is 10.7. The van der Waals surface area contributed by atoms with Crippen molar-refractivity contribution in [1.82, 2.24) is 5.32 Å². The summed E-state index contributed by atoms with van der Waals surface area (Å²) in [7, 11) is 0. The van der Waals surface area contributed by atoms with Gasteiger partial charge in [-0.1, -0.05) is 13.8 Å². The highest BCUT2D eigenvalue weighted by molar-refractivity contribution is 5.70. The van der Waals surface area contributed by atoms with Gasteiger partial charge in [0.2, 0.25) is 0 Å². The van der Waals surface area contributed by atoms with Crippen LogP contribution in [0.1, 0.15) is 46.0 Å². The van der Waals surface area contributed by atoms with Crippen LogP contribution in [0.4, 0.5) is 0 Å². The van der Waals surface area contributed by atoms with Crippen molar-refractivity contribution in [2.75, 3.05) is 6.54 Å². The molecule has 0 amide bonds. The Morgan fingerprint density at radius 3 is 2.29 bits per heavy atom. The van der Waals surface area contributed by atoms with E-state index in [-0.39, 0.29) is 5.92 Å². The van der Waals surface area contributed by atoms with Crippen molar-refractivity contribution < 1.29 is 15.0 Å². The maximum absolute atomic E-state index is 10.8. The van der Waals surface area contributed by atoms with Gasteiger partial charge in [0.15, 0.2) is 0 Å². The fourth-order valence-electron chi connectivity index (χ4n) is 2.71. The predicted octanol–water partition coefficient (Wildman–Crippen LogP) is 1.38. The number of hydrogen-bond acceptors (Lipinski definition) is 3. The number of aliphatic hydroxyl groups is 1. The van der Waals surface area contributed by atoms with Gasteiger partial charge in [-0.05, 0) is 37.5 Å². The molecule has 0 aromatic rings. The number of carboxylic acid groups (broad SMARTS) is 1. The van der Waals surface area contributed by atoms with Gasteiger partial charge in [0.05, 0.1) is 11.5 Å². The Labute approximate surface area is 102 Å². The molecule has 2 saturated carbocycles. The summed E-state index contributed by atoms with van der Waals surface area (Å²) in [5.41, 5.74) is -0.320. The van der Waals surface area contributed by atoms with E-state index in [1.807, 2.05) is 0 Å². The number of hydrogen-bond donors (Lipinski definition) is 3. The lowest BCUT2D eigenvalue weighted by Crippen LogP contribution is -2.45. The second-order valence-corrected chi connectivity index (χ2v) is 6.46. The molecular weight excluding hydrogens is 218 g/mol. The van der Waals surface area contributed by atoms with Crippen LogP contribution >= 0.6 is 0 Å². The van der Waals surface area contributed by atoms with Crippen LogP contribution in [0.5, 0.6) is 0 Å². The van der Waals surface area contributed by atoms with Gasteiger partial charge in [-0.25, -0.2) is 0 Å². The van der Waals surface area contributed by atoms with Crippen LogP contribution in [-0.2, 0) is 4.79 Å². The van der Waals surface area contributed by atoms with Crippen LogP contribution in [0.25, 0.3) is 0 Å². The molecule has 2 aliphatic carbocycles. The standard InChI is InChI=1S/C13H23NO3/c1-12(2)7-10(12)14-8-13(17)5-3-9(4-6-13)11(15)16/h9-10,14,17H,3-8H2,1-2H3,(H,15,16). The Hall–Kier alpha value is -0.610. The van der Waals surface area contributed by atoms with E-state index in [0.717, 1.165) is 0 Å². The molecule has 0 saturated heterocycles. The maximum Gasteiger partial charge on any atom is 0.306 e. The summed E-state index contributed by atoms with van der Waals surface area (Å²) in [6, 6.07) is 0.517. The van der Waals surface area contributed by atoms with Crippen molar-refractivity contribution in [2.24, 2.45) is 11.3 Å². The molecule has 98 valence electrons. The van der Waals surface area contributed by atoms with E-state index in [4.69, 9.17) is 5.11 Å². The number of rotatable bonds is 4. The molecule has 2 fully saturated rings. The van der Waals surface area contributed by atoms with Crippen LogP contribution < -0.4 is 5.32 Å². The lowest BCUT2D eigenvalue weighted by atomic mass is 9.79. The third kappa shape index (κ3) is 2.99. The molecule has 0 aromatic heterocycles. The molecule has 3 N–H and O–H groups in total. The average molecular weight is 241 g/mol. The van der Waals surface area contributed by atoms with Crippen LogP contribution in [0.15, 0.2) is 0 Å². The normalized spacial score (nSPS) is 39.9. The Bertz CT molecular complexity index is 306. The second kappa shape index (κ2) is 4.25. The van der Waals surface area contributed by atoms with Gasteiger partial charge in [-0.2, -0.15) is 0 Å². The fourth-order valence-corrected chi connectivity index (χ4v) is 2.71. The van der Waals surface area contributed by atoms with Crippen LogP contribution in [-0.4, -0.2) is 34.4 Å². The summed E-state index contributed by atoms with van der Waals surface area (Å²) in [5, 5.41) is 22.7. The second-order valence-electron chi connectivity index (χ2n) is 6.46. The summed E-state index contributed by atoms with van der Waals surface area (Å²) in [6.45, 7) is 5.04. The van der Waals surface area contributed by atoms with E-state index in [9.17, 15) is 9.90 Å². The number of nitrogens with one attached hydrogen (secondary N) is 1. The number of aliphatic carboxylic acids is 1. The molecule has 2 aliphatic rings. The molecule has 0 heterocycles. The van der Waals surface area contributed by atoms with Gasteiger partial charge < -0.3 is 15.5 Å². The minimum Gasteiger partial charge on any atom is -0.481 e. The van der Waals surface area contributed by atoms with Crippen molar-refractivity contribution in [3.8, 4) is 0 Å². The van der Waals surface area contributed by atoms with Crippen LogP contribution in [0, 0.1) is 11.3 Å². The fraction of sp³-hybridized carbons (Fsp3) is 0.923. The molecule has 1 atom stereocenters. The molecule has 4 heteroatoms. The Morgan fingerprint density at radius 2 is 1.88 bits per heavy atom.